The molecule has 0 spiro atoms. The second kappa shape index (κ2) is 10.2. The fraction of sp³-hybridized carbons (Fsp3) is 0.458. The van der Waals surface area contributed by atoms with Crippen LogP contribution in [-0.4, -0.2) is 77.0 Å². The van der Waals surface area contributed by atoms with Gasteiger partial charge >= 0.3 is 0 Å². The third-order valence-corrected chi connectivity index (χ3v) is 8.48. The predicted octanol–water partition coefficient (Wildman–Crippen LogP) is 2.59. The van der Waals surface area contributed by atoms with Crippen molar-refractivity contribution in [1.82, 2.24) is 9.21 Å². The lowest BCUT2D eigenvalue weighted by Crippen LogP contribution is -2.52. The number of nitrogens with zero attached hydrogens (tertiary/aromatic N) is 3. The first-order valence-electron chi connectivity index (χ1n) is 11.4. The summed E-state index contributed by atoms with van der Waals surface area (Å²) >= 11 is 0. The molecule has 2 aromatic carbocycles. The van der Waals surface area contributed by atoms with E-state index in [4.69, 9.17) is 9.47 Å². The Morgan fingerprint density at radius 2 is 1.56 bits per heavy atom. The molecule has 0 aromatic heterocycles. The van der Waals surface area contributed by atoms with Gasteiger partial charge < -0.3 is 19.3 Å². The second-order valence-corrected chi connectivity index (χ2v) is 10.4. The van der Waals surface area contributed by atoms with Gasteiger partial charge in [-0.3, -0.25) is 4.79 Å². The minimum absolute atomic E-state index is 0.0695. The molecule has 34 heavy (non-hydrogen) atoms. The van der Waals surface area contributed by atoms with Gasteiger partial charge in [-0.25, -0.2) is 12.8 Å². The number of piperazine rings is 1. The molecule has 2 fully saturated rings. The average molecular weight is 492 g/mol. The van der Waals surface area contributed by atoms with Gasteiger partial charge in [-0.1, -0.05) is 12.1 Å². The summed E-state index contributed by atoms with van der Waals surface area (Å²) in [5.74, 6) is 0.119. The summed E-state index contributed by atoms with van der Waals surface area (Å²) < 4.78 is 51.8. The van der Waals surface area contributed by atoms with Crippen LogP contribution in [0.25, 0.3) is 0 Å². The van der Waals surface area contributed by atoms with Crippen molar-refractivity contribution >= 4 is 21.6 Å². The van der Waals surface area contributed by atoms with Gasteiger partial charge in [-0.15, -0.1) is 0 Å². The van der Waals surface area contributed by atoms with E-state index in [0.717, 1.165) is 23.6 Å². The number of sulfonamides is 1. The van der Waals surface area contributed by atoms with Crippen molar-refractivity contribution < 1.29 is 27.1 Å². The minimum Gasteiger partial charge on any atom is -0.495 e. The fourth-order valence-corrected chi connectivity index (χ4v) is 6.29. The van der Waals surface area contributed by atoms with Gasteiger partial charge in [0, 0.05) is 45.2 Å². The molecule has 8 nitrogen and oxygen atoms in total. The molecule has 0 atom stereocenters. The summed E-state index contributed by atoms with van der Waals surface area (Å²) in [7, 11) is -0.921. The number of anilines is 1. The molecule has 0 saturated carbocycles. The molecule has 2 aromatic rings. The summed E-state index contributed by atoms with van der Waals surface area (Å²) in [4.78, 5) is 17.0. The summed E-state index contributed by atoms with van der Waals surface area (Å²) in [5.41, 5.74) is 1.02. The Morgan fingerprint density at radius 3 is 2.21 bits per heavy atom. The number of benzene rings is 2. The van der Waals surface area contributed by atoms with Crippen molar-refractivity contribution in [2.75, 3.05) is 58.4 Å². The van der Waals surface area contributed by atoms with Gasteiger partial charge in [-0.2, -0.15) is 4.31 Å². The van der Waals surface area contributed by atoms with E-state index in [1.807, 2.05) is 29.2 Å². The molecule has 1 amide bonds. The Kier molecular flexibility index (Phi) is 7.27. The Hall–Kier alpha value is -2.85. The van der Waals surface area contributed by atoms with Gasteiger partial charge in [0.2, 0.25) is 15.9 Å². The van der Waals surface area contributed by atoms with E-state index in [0.29, 0.717) is 39.0 Å². The van der Waals surface area contributed by atoms with Crippen molar-refractivity contribution in [3.63, 3.8) is 0 Å². The highest BCUT2D eigenvalue weighted by Crippen LogP contribution is 2.32. The minimum atomic E-state index is -3.92. The maximum absolute atomic E-state index is 13.7. The number of piperidine rings is 1. The number of carbonyl (C=O) groups excluding carboxylic acids is 1. The van der Waals surface area contributed by atoms with Crippen LogP contribution in [0.1, 0.15) is 12.8 Å². The number of ether oxygens (including phenoxy) is 2. The highest BCUT2D eigenvalue weighted by Gasteiger charge is 2.36. The SMILES string of the molecule is COc1ccccc1N1CCN(C(=O)C2CCN(S(=O)(=O)c3cc(F)ccc3OC)CC2)CC1. The highest BCUT2D eigenvalue weighted by atomic mass is 32.2. The summed E-state index contributed by atoms with van der Waals surface area (Å²) in [5, 5.41) is 0. The Balaban J connectivity index is 1.35. The van der Waals surface area contributed by atoms with Crippen LogP contribution >= 0.6 is 0 Å². The number of para-hydroxylation sites is 2. The predicted molar refractivity (Wildman–Crippen MR) is 126 cm³/mol. The Morgan fingerprint density at radius 1 is 0.912 bits per heavy atom. The molecule has 0 radical (unpaired) electrons. The lowest BCUT2D eigenvalue weighted by atomic mass is 9.96. The van der Waals surface area contributed by atoms with Crippen molar-refractivity contribution in [3.8, 4) is 11.5 Å². The summed E-state index contributed by atoms with van der Waals surface area (Å²) in [6.45, 7) is 3.04. The van der Waals surface area contributed by atoms with Crippen molar-refractivity contribution in [3.05, 3.63) is 48.3 Å². The molecule has 2 aliphatic heterocycles. The molecular formula is C24H30FN3O5S. The van der Waals surface area contributed by atoms with Crippen LogP contribution in [0.15, 0.2) is 47.4 Å². The Labute approximate surface area is 199 Å². The lowest BCUT2D eigenvalue weighted by Gasteiger charge is -2.39. The van der Waals surface area contributed by atoms with Crippen LogP contribution in [0.5, 0.6) is 11.5 Å². The number of methoxy groups -OCH3 is 2. The van der Waals surface area contributed by atoms with Crippen LogP contribution in [0.4, 0.5) is 10.1 Å². The smallest absolute Gasteiger partial charge is 0.246 e. The van der Waals surface area contributed by atoms with E-state index in [1.165, 1.54) is 17.5 Å². The van der Waals surface area contributed by atoms with E-state index >= 15 is 0 Å². The third-order valence-electron chi connectivity index (χ3n) is 6.56. The van der Waals surface area contributed by atoms with Crippen molar-refractivity contribution in [2.24, 2.45) is 5.92 Å². The second-order valence-electron chi connectivity index (χ2n) is 8.46. The molecular weight excluding hydrogens is 461 g/mol. The molecule has 10 heteroatoms. The van der Waals surface area contributed by atoms with Gasteiger partial charge in [0.1, 0.15) is 22.2 Å². The first-order chi connectivity index (χ1) is 16.3. The Bertz CT molecular complexity index is 1130. The molecule has 184 valence electrons. The zero-order valence-corrected chi connectivity index (χ0v) is 20.3. The van der Waals surface area contributed by atoms with Crippen LogP contribution < -0.4 is 14.4 Å². The van der Waals surface area contributed by atoms with Gasteiger partial charge in [0.15, 0.2) is 0 Å². The number of amides is 1. The molecule has 2 aliphatic rings. The van der Waals surface area contributed by atoms with Crippen LogP contribution in [0, 0.1) is 11.7 Å². The van der Waals surface area contributed by atoms with Gasteiger partial charge in [-0.05, 0) is 43.2 Å². The first-order valence-corrected chi connectivity index (χ1v) is 12.8. The quantitative estimate of drug-likeness (QED) is 0.618. The van der Waals surface area contributed by atoms with Crippen molar-refractivity contribution in [2.45, 2.75) is 17.7 Å². The molecule has 2 saturated heterocycles. The topological polar surface area (TPSA) is 79.4 Å². The third kappa shape index (κ3) is 4.83. The van der Waals surface area contributed by atoms with E-state index in [9.17, 15) is 17.6 Å². The number of rotatable bonds is 6. The normalized spacial score (nSPS) is 18.1. The zero-order valence-electron chi connectivity index (χ0n) is 19.4. The van der Waals surface area contributed by atoms with E-state index < -0.39 is 15.8 Å². The van der Waals surface area contributed by atoms with Gasteiger partial charge in [0.25, 0.3) is 0 Å². The van der Waals surface area contributed by atoms with E-state index in [1.54, 1.807) is 7.11 Å². The molecule has 4 rings (SSSR count). The number of halogens is 1. The number of carbonyl (C=O) groups is 1. The average Bonchev–Trinajstić information content (AvgIpc) is 2.88. The molecule has 2 heterocycles. The van der Waals surface area contributed by atoms with E-state index in [2.05, 4.69) is 4.90 Å². The largest absolute Gasteiger partial charge is 0.495 e. The lowest BCUT2D eigenvalue weighted by molar-refractivity contribution is -0.137. The number of hydrogen-bond acceptors (Lipinski definition) is 6. The van der Waals surface area contributed by atoms with E-state index in [-0.39, 0.29) is 35.6 Å². The summed E-state index contributed by atoms with van der Waals surface area (Å²) in [6, 6.07) is 11.3. The van der Waals surface area contributed by atoms with Crippen LogP contribution in [-0.2, 0) is 14.8 Å². The summed E-state index contributed by atoms with van der Waals surface area (Å²) in [6.07, 6.45) is 0.866. The molecule has 0 bridgehead atoms. The molecule has 0 N–H and O–H groups in total. The standard InChI is InChI=1S/C24H30FN3O5S/c1-32-21-6-4-3-5-20(21)26-13-15-27(16-14-26)24(29)18-9-11-28(12-10-18)34(30,31)23-17-19(25)7-8-22(23)33-2/h3-8,17-18H,9-16H2,1-2H3. The zero-order chi connectivity index (χ0) is 24.3. The number of hydrogen-bond donors (Lipinski definition) is 0. The van der Waals surface area contributed by atoms with Crippen LogP contribution in [0.2, 0.25) is 0 Å². The fourth-order valence-electron chi connectivity index (χ4n) is 4.65. The maximum atomic E-state index is 13.7. The van der Waals surface area contributed by atoms with Gasteiger partial charge in [0.05, 0.1) is 19.9 Å². The monoisotopic (exact) mass is 491 g/mol. The molecule has 0 aliphatic carbocycles. The first kappa shape index (κ1) is 24.3. The van der Waals surface area contributed by atoms with Crippen LogP contribution in [0.3, 0.4) is 0 Å². The highest BCUT2D eigenvalue weighted by molar-refractivity contribution is 7.89. The molecule has 0 unspecified atom stereocenters. The maximum Gasteiger partial charge on any atom is 0.246 e. The van der Waals surface area contributed by atoms with Crippen molar-refractivity contribution in [1.29, 1.82) is 0 Å².